The summed E-state index contributed by atoms with van der Waals surface area (Å²) < 4.78 is 6.10. The summed E-state index contributed by atoms with van der Waals surface area (Å²) in [5.41, 5.74) is 0.982. The van der Waals surface area contributed by atoms with Crippen LogP contribution in [0.2, 0.25) is 5.02 Å². The second-order valence-corrected chi connectivity index (χ2v) is 7.72. The summed E-state index contributed by atoms with van der Waals surface area (Å²) in [6, 6.07) is 6.18. The van der Waals surface area contributed by atoms with Crippen molar-refractivity contribution in [1.82, 2.24) is 24.3 Å². The fraction of sp³-hybridized carbons (Fsp3) is 0.158. The van der Waals surface area contributed by atoms with Crippen molar-refractivity contribution in [3.63, 3.8) is 0 Å². The number of hydrogen-bond donors (Lipinski definition) is 1. The van der Waals surface area contributed by atoms with E-state index in [-0.39, 0.29) is 22.2 Å². The molecule has 9 nitrogen and oxygen atoms in total. The molecule has 0 aliphatic carbocycles. The van der Waals surface area contributed by atoms with Gasteiger partial charge in [-0.2, -0.15) is 0 Å². The number of hydrogen-bond acceptors (Lipinski definition) is 8. The van der Waals surface area contributed by atoms with Gasteiger partial charge < -0.3 is 9.72 Å². The van der Waals surface area contributed by atoms with Crippen LogP contribution in [0.5, 0.6) is 0 Å². The molecule has 4 aromatic rings. The van der Waals surface area contributed by atoms with Crippen LogP contribution < -0.4 is 11.1 Å². The molecule has 0 amide bonds. The first-order valence-corrected chi connectivity index (χ1v) is 10.0. The van der Waals surface area contributed by atoms with E-state index in [2.05, 4.69) is 19.9 Å². The van der Waals surface area contributed by atoms with Crippen molar-refractivity contribution in [3.8, 4) is 0 Å². The Bertz CT molecular complexity index is 1430. The monoisotopic (exact) mass is 443 g/mol. The number of rotatable bonds is 4. The van der Waals surface area contributed by atoms with Gasteiger partial charge in [-0.05, 0) is 25.1 Å². The van der Waals surface area contributed by atoms with Crippen molar-refractivity contribution >= 4 is 46.0 Å². The molecule has 0 spiro atoms. The predicted octanol–water partition coefficient (Wildman–Crippen LogP) is 2.37. The molecule has 0 bridgehead atoms. The predicted molar refractivity (Wildman–Crippen MR) is 112 cm³/mol. The molecule has 0 saturated carbocycles. The van der Waals surface area contributed by atoms with Crippen molar-refractivity contribution in [2.75, 3.05) is 7.11 Å². The zero-order valence-electron chi connectivity index (χ0n) is 15.8. The topological polar surface area (TPSA) is 119 Å². The van der Waals surface area contributed by atoms with Gasteiger partial charge >= 0.3 is 5.97 Å². The van der Waals surface area contributed by atoms with E-state index in [0.717, 1.165) is 0 Å². The molecule has 4 heterocycles. The Kier molecular flexibility index (Phi) is 5.27. The number of esters is 1. The number of halogens is 1. The lowest BCUT2D eigenvalue weighted by Crippen LogP contribution is -2.16. The van der Waals surface area contributed by atoms with Crippen LogP contribution in [-0.4, -0.2) is 37.4 Å². The van der Waals surface area contributed by atoms with Crippen molar-refractivity contribution < 1.29 is 9.53 Å². The van der Waals surface area contributed by atoms with Crippen LogP contribution in [0.1, 0.15) is 21.7 Å². The average Bonchev–Trinajstić information content (AvgIpc) is 2.71. The lowest BCUT2D eigenvalue weighted by Gasteiger charge is -2.07. The molecule has 0 aliphatic heterocycles. The number of carbonyl (C=O) groups excluding carboxylic acids is 1. The largest absolute Gasteiger partial charge is 0.465 e. The molecular formula is C19H14ClN5O4S. The first kappa shape index (κ1) is 20.0. The SMILES string of the molecule is COC(=O)c1cc(C)nc2nc(SCc3cc(=O)n4cc(Cl)ccc4n3)[nH]c(=O)c12. The van der Waals surface area contributed by atoms with E-state index in [1.165, 1.54) is 41.6 Å². The number of carbonyl (C=O) groups is 1. The van der Waals surface area contributed by atoms with Crippen LogP contribution >= 0.6 is 23.4 Å². The molecular weight excluding hydrogens is 430 g/mol. The summed E-state index contributed by atoms with van der Waals surface area (Å²) in [7, 11) is 1.24. The van der Waals surface area contributed by atoms with Gasteiger partial charge in [0.05, 0.1) is 28.8 Å². The number of ether oxygens (including phenoxy) is 1. The number of aryl methyl sites for hydroxylation is 1. The first-order valence-electron chi connectivity index (χ1n) is 8.66. The number of aromatic amines is 1. The molecule has 11 heteroatoms. The Morgan fingerprint density at radius 2 is 2.03 bits per heavy atom. The minimum Gasteiger partial charge on any atom is -0.465 e. The summed E-state index contributed by atoms with van der Waals surface area (Å²) in [6.45, 7) is 1.69. The van der Waals surface area contributed by atoms with E-state index in [1.807, 2.05) is 0 Å². The molecule has 0 unspecified atom stereocenters. The van der Waals surface area contributed by atoms with E-state index >= 15 is 0 Å². The number of pyridine rings is 2. The molecule has 0 aliphatic rings. The molecule has 4 aromatic heterocycles. The summed E-state index contributed by atoms with van der Waals surface area (Å²) >= 11 is 7.11. The molecule has 0 radical (unpaired) electrons. The zero-order chi connectivity index (χ0) is 21.4. The van der Waals surface area contributed by atoms with Crippen LogP contribution in [0, 0.1) is 6.92 Å². The van der Waals surface area contributed by atoms with Crippen LogP contribution in [0.3, 0.4) is 0 Å². The van der Waals surface area contributed by atoms with Crippen molar-refractivity contribution in [1.29, 1.82) is 0 Å². The Morgan fingerprint density at radius 3 is 2.80 bits per heavy atom. The fourth-order valence-electron chi connectivity index (χ4n) is 2.93. The van der Waals surface area contributed by atoms with E-state index in [9.17, 15) is 14.4 Å². The van der Waals surface area contributed by atoms with Gasteiger partial charge in [-0.25, -0.2) is 19.7 Å². The number of aromatic nitrogens is 5. The molecule has 152 valence electrons. The third kappa shape index (κ3) is 3.79. The third-order valence-electron chi connectivity index (χ3n) is 4.22. The molecule has 0 aromatic carbocycles. The quantitative estimate of drug-likeness (QED) is 0.290. The Morgan fingerprint density at radius 1 is 1.23 bits per heavy atom. The number of fused-ring (bicyclic) bond motifs is 2. The standard InChI is InChI=1S/C19H14ClN5O4S/c1-9-5-12(18(28)29-2)15-16(21-9)23-19(24-17(15)27)30-8-11-6-14(26)25-7-10(20)3-4-13(25)22-11/h3-7H,8H2,1-2H3,(H,21,23,24,27). The summed E-state index contributed by atoms with van der Waals surface area (Å²) in [5, 5.41) is 0.788. The maximum absolute atomic E-state index is 12.6. The van der Waals surface area contributed by atoms with Gasteiger partial charge in [-0.15, -0.1) is 0 Å². The smallest absolute Gasteiger partial charge is 0.338 e. The van der Waals surface area contributed by atoms with E-state index in [4.69, 9.17) is 16.3 Å². The third-order valence-corrected chi connectivity index (χ3v) is 5.35. The highest BCUT2D eigenvalue weighted by Crippen LogP contribution is 2.21. The second-order valence-electron chi connectivity index (χ2n) is 6.32. The number of methoxy groups -OCH3 is 1. The van der Waals surface area contributed by atoms with Gasteiger partial charge in [0.2, 0.25) is 0 Å². The van der Waals surface area contributed by atoms with Crippen LogP contribution in [-0.2, 0) is 10.5 Å². The molecule has 4 rings (SSSR count). The molecule has 1 N–H and O–H groups in total. The van der Waals surface area contributed by atoms with Gasteiger partial charge in [0.25, 0.3) is 11.1 Å². The van der Waals surface area contributed by atoms with Gasteiger partial charge in [-0.1, -0.05) is 23.4 Å². The minimum atomic E-state index is -0.640. The molecule has 0 fully saturated rings. The van der Waals surface area contributed by atoms with Gasteiger partial charge in [0.1, 0.15) is 5.65 Å². The first-order chi connectivity index (χ1) is 14.4. The van der Waals surface area contributed by atoms with Crippen molar-refractivity contribution in [3.05, 3.63) is 73.1 Å². The lowest BCUT2D eigenvalue weighted by atomic mass is 10.1. The molecule has 30 heavy (non-hydrogen) atoms. The Labute approximate surface area is 178 Å². The van der Waals surface area contributed by atoms with E-state index in [1.54, 1.807) is 19.1 Å². The highest BCUT2D eigenvalue weighted by Gasteiger charge is 2.17. The number of H-pyrrole nitrogens is 1. The minimum absolute atomic E-state index is 0.0655. The van der Waals surface area contributed by atoms with Gasteiger partial charge in [0, 0.05) is 23.7 Å². The Balaban J connectivity index is 1.69. The maximum Gasteiger partial charge on any atom is 0.338 e. The molecule has 0 saturated heterocycles. The zero-order valence-corrected chi connectivity index (χ0v) is 17.4. The van der Waals surface area contributed by atoms with Gasteiger partial charge in [0.15, 0.2) is 10.8 Å². The Hall–Kier alpha value is -3.24. The average molecular weight is 444 g/mol. The highest BCUT2D eigenvalue weighted by molar-refractivity contribution is 7.98. The number of thioether (sulfide) groups is 1. The van der Waals surface area contributed by atoms with Gasteiger partial charge in [-0.3, -0.25) is 14.0 Å². The van der Waals surface area contributed by atoms with Crippen LogP contribution in [0.4, 0.5) is 0 Å². The maximum atomic E-state index is 12.6. The molecule has 0 atom stereocenters. The van der Waals surface area contributed by atoms with E-state index in [0.29, 0.717) is 33.0 Å². The van der Waals surface area contributed by atoms with Crippen LogP contribution in [0.25, 0.3) is 16.7 Å². The lowest BCUT2D eigenvalue weighted by molar-refractivity contribution is 0.0602. The van der Waals surface area contributed by atoms with Crippen molar-refractivity contribution in [2.45, 2.75) is 17.8 Å². The van der Waals surface area contributed by atoms with E-state index < -0.39 is 11.5 Å². The summed E-state index contributed by atoms with van der Waals surface area (Å²) in [5.74, 6) is -0.350. The van der Waals surface area contributed by atoms with Crippen molar-refractivity contribution in [2.24, 2.45) is 0 Å². The summed E-state index contributed by atoms with van der Waals surface area (Å²) in [4.78, 5) is 52.5. The number of nitrogens with zero attached hydrogens (tertiary/aromatic N) is 4. The fourth-order valence-corrected chi connectivity index (χ4v) is 3.84. The summed E-state index contributed by atoms with van der Waals surface area (Å²) in [6.07, 6.45) is 1.50. The van der Waals surface area contributed by atoms with Crippen LogP contribution in [0.15, 0.2) is 45.2 Å². The second kappa shape index (κ2) is 7.88. The highest BCUT2D eigenvalue weighted by atomic mass is 35.5. The normalized spacial score (nSPS) is 11.2. The number of nitrogens with one attached hydrogen (secondary N) is 1.